The number of nitrogen functional groups attached to an aromatic ring is 1. The lowest BCUT2D eigenvalue weighted by Crippen LogP contribution is -2.33. The van der Waals surface area contributed by atoms with Crippen LogP contribution in [0.3, 0.4) is 0 Å². The van der Waals surface area contributed by atoms with Crippen molar-refractivity contribution in [3.05, 3.63) is 12.4 Å². The van der Waals surface area contributed by atoms with Gasteiger partial charge in [0.25, 0.3) is 0 Å². The van der Waals surface area contributed by atoms with E-state index in [1.165, 1.54) is 19.3 Å². The van der Waals surface area contributed by atoms with Crippen molar-refractivity contribution >= 4 is 11.6 Å². The first-order valence-corrected chi connectivity index (χ1v) is 4.99. The van der Waals surface area contributed by atoms with E-state index in [1.807, 2.05) is 0 Å². The van der Waals surface area contributed by atoms with Gasteiger partial charge in [0.1, 0.15) is 11.6 Å². The minimum Gasteiger partial charge on any atom is -0.382 e. The van der Waals surface area contributed by atoms with Crippen molar-refractivity contribution in [2.75, 3.05) is 17.6 Å². The van der Waals surface area contributed by atoms with E-state index < -0.39 is 0 Å². The molecular weight excluding hydrogens is 176 g/mol. The van der Waals surface area contributed by atoms with E-state index >= 15 is 0 Å². The number of aromatic nitrogens is 2. The Morgan fingerprint density at radius 3 is 2.71 bits per heavy atom. The molecule has 0 aliphatic heterocycles. The summed E-state index contributed by atoms with van der Waals surface area (Å²) >= 11 is 0. The molecule has 2 rings (SSSR count). The molecule has 4 heteroatoms. The van der Waals surface area contributed by atoms with Gasteiger partial charge in [-0.2, -0.15) is 0 Å². The topological polar surface area (TPSA) is 63.8 Å². The van der Waals surface area contributed by atoms with Gasteiger partial charge in [-0.15, -0.1) is 0 Å². The Morgan fingerprint density at radius 2 is 2.21 bits per heavy atom. The lowest BCUT2D eigenvalue weighted by Gasteiger charge is -2.38. The zero-order chi connectivity index (χ0) is 10.0. The van der Waals surface area contributed by atoms with E-state index in [0.29, 0.717) is 11.2 Å². The lowest BCUT2D eigenvalue weighted by molar-refractivity contribution is 0.180. The van der Waals surface area contributed by atoms with E-state index in [9.17, 15) is 0 Å². The van der Waals surface area contributed by atoms with E-state index in [2.05, 4.69) is 22.2 Å². The van der Waals surface area contributed by atoms with Crippen LogP contribution < -0.4 is 11.1 Å². The van der Waals surface area contributed by atoms with Gasteiger partial charge in [0, 0.05) is 6.54 Å². The molecule has 0 amide bonds. The Balaban J connectivity index is 1.88. The number of nitrogens with two attached hydrogens (primary N) is 1. The van der Waals surface area contributed by atoms with Gasteiger partial charge < -0.3 is 11.1 Å². The molecule has 4 nitrogen and oxygen atoms in total. The Kier molecular flexibility index (Phi) is 2.27. The molecule has 0 bridgehead atoms. The van der Waals surface area contributed by atoms with Gasteiger partial charge in [-0.05, 0) is 18.3 Å². The van der Waals surface area contributed by atoms with Crippen molar-refractivity contribution in [1.82, 2.24) is 9.97 Å². The summed E-state index contributed by atoms with van der Waals surface area (Å²) in [5.74, 6) is 1.28. The molecule has 0 saturated heterocycles. The third kappa shape index (κ3) is 1.95. The Bertz CT molecular complexity index is 302. The Labute approximate surface area is 83.9 Å². The summed E-state index contributed by atoms with van der Waals surface area (Å²) in [5.41, 5.74) is 5.91. The molecule has 0 aromatic carbocycles. The second-order valence-corrected chi connectivity index (χ2v) is 4.34. The zero-order valence-electron chi connectivity index (χ0n) is 8.45. The predicted molar refractivity (Wildman–Crippen MR) is 56.9 cm³/mol. The SMILES string of the molecule is CC1(CNc2cnc(N)cn2)CCC1. The highest BCUT2D eigenvalue weighted by atomic mass is 15.0. The Hall–Kier alpha value is -1.32. The maximum atomic E-state index is 5.44. The molecule has 1 aliphatic rings. The first-order valence-electron chi connectivity index (χ1n) is 4.99. The highest BCUT2D eigenvalue weighted by Crippen LogP contribution is 2.39. The van der Waals surface area contributed by atoms with Crippen LogP contribution in [0.25, 0.3) is 0 Å². The fraction of sp³-hybridized carbons (Fsp3) is 0.600. The molecule has 0 atom stereocenters. The number of hydrogen-bond donors (Lipinski definition) is 2. The lowest BCUT2D eigenvalue weighted by atomic mass is 9.70. The van der Waals surface area contributed by atoms with Crippen LogP contribution in [0.2, 0.25) is 0 Å². The van der Waals surface area contributed by atoms with Crippen molar-refractivity contribution in [2.45, 2.75) is 26.2 Å². The number of hydrogen-bond acceptors (Lipinski definition) is 4. The quantitative estimate of drug-likeness (QED) is 0.764. The van der Waals surface area contributed by atoms with Gasteiger partial charge in [0.15, 0.2) is 0 Å². The van der Waals surface area contributed by atoms with Crippen molar-refractivity contribution in [1.29, 1.82) is 0 Å². The highest BCUT2D eigenvalue weighted by molar-refractivity contribution is 5.36. The maximum absolute atomic E-state index is 5.44. The van der Waals surface area contributed by atoms with Crippen LogP contribution in [0, 0.1) is 5.41 Å². The molecule has 1 saturated carbocycles. The van der Waals surface area contributed by atoms with Gasteiger partial charge >= 0.3 is 0 Å². The first-order chi connectivity index (χ1) is 6.68. The summed E-state index contributed by atoms with van der Waals surface area (Å²) in [5, 5.41) is 3.29. The van der Waals surface area contributed by atoms with E-state index in [4.69, 9.17) is 5.73 Å². The van der Waals surface area contributed by atoms with Gasteiger partial charge in [-0.1, -0.05) is 13.3 Å². The molecule has 14 heavy (non-hydrogen) atoms. The van der Waals surface area contributed by atoms with Crippen LogP contribution >= 0.6 is 0 Å². The average Bonchev–Trinajstić information content (AvgIpc) is 2.14. The van der Waals surface area contributed by atoms with E-state index in [-0.39, 0.29) is 0 Å². The van der Waals surface area contributed by atoms with E-state index in [1.54, 1.807) is 12.4 Å². The van der Waals surface area contributed by atoms with Crippen LogP contribution in [-0.2, 0) is 0 Å². The summed E-state index contributed by atoms with van der Waals surface area (Å²) in [6.07, 6.45) is 7.22. The van der Waals surface area contributed by atoms with Gasteiger partial charge in [0.2, 0.25) is 0 Å². The third-order valence-electron chi connectivity index (χ3n) is 2.93. The summed E-state index contributed by atoms with van der Waals surface area (Å²) in [6.45, 7) is 3.28. The molecule has 1 aliphatic carbocycles. The van der Waals surface area contributed by atoms with Gasteiger partial charge in [-0.3, -0.25) is 0 Å². The largest absolute Gasteiger partial charge is 0.382 e. The second-order valence-electron chi connectivity index (χ2n) is 4.34. The monoisotopic (exact) mass is 192 g/mol. The molecule has 76 valence electrons. The van der Waals surface area contributed by atoms with Crippen LogP contribution in [0.15, 0.2) is 12.4 Å². The maximum Gasteiger partial charge on any atom is 0.144 e. The standard InChI is InChI=1S/C10H16N4/c1-10(3-2-4-10)7-14-9-6-12-8(11)5-13-9/h5-6H,2-4,7H2,1H3,(H2,11,12)(H,13,14). The third-order valence-corrected chi connectivity index (χ3v) is 2.93. The van der Waals surface area contributed by atoms with Crippen molar-refractivity contribution < 1.29 is 0 Å². The number of nitrogens with one attached hydrogen (secondary N) is 1. The fourth-order valence-electron chi connectivity index (χ4n) is 1.69. The van der Waals surface area contributed by atoms with Crippen molar-refractivity contribution in [2.24, 2.45) is 5.41 Å². The second kappa shape index (κ2) is 3.44. The molecular formula is C10H16N4. The van der Waals surface area contributed by atoms with Crippen molar-refractivity contribution in [3.8, 4) is 0 Å². The number of rotatable bonds is 3. The summed E-state index contributed by atoms with van der Waals surface area (Å²) in [6, 6.07) is 0. The van der Waals surface area contributed by atoms with E-state index in [0.717, 1.165) is 12.4 Å². The minimum atomic E-state index is 0.461. The zero-order valence-corrected chi connectivity index (χ0v) is 8.45. The molecule has 1 fully saturated rings. The molecule has 3 N–H and O–H groups in total. The van der Waals surface area contributed by atoms with Gasteiger partial charge in [-0.25, -0.2) is 9.97 Å². The molecule has 1 heterocycles. The predicted octanol–water partition coefficient (Wildman–Crippen LogP) is 1.66. The number of nitrogens with zero attached hydrogens (tertiary/aromatic N) is 2. The number of anilines is 2. The molecule has 1 aromatic heterocycles. The molecule has 0 radical (unpaired) electrons. The average molecular weight is 192 g/mol. The first kappa shape index (κ1) is 9.24. The summed E-state index contributed by atoms with van der Waals surface area (Å²) in [4.78, 5) is 8.12. The van der Waals surface area contributed by atoms with Crippen LogP contribution in [-0.4, -0.2) is 16.5 Å². The van der Waals surface area contributed by atoms with Crippen LogP contribution in [0.1, 0.15) is 26.2 Å². The minimum absolute atomic E-state index is 0.461. The fourth-order valence-corrected chi connectivity index (χ4v) is 1.69. The summed E-state index contributed by atoms with van der Waals surface area (Å²) < 4.78 is 0. The highest BCUT2D eigenvalue weighted by Gasteiger charge is 2.31. The van der Waals surface area contributed by atoms with Crippen LogP contribution in [0.5, 0.6) is 0 Å². The molecule has 0 spiro atoms. The van der Waals surface area contributed by atoms with Crippen LogP contribution in [0.4, 0.5) is 11.6 Å². The smallest absolute Gasteiger partial charge is 0.144 e. The van der Waals surface area contributed by atoms with Crippen molar-refractivity contribution in [3.63, 3.8) is 0 Å². The summed E-state index contributed by atoms with van der Waals surface area (Å²) in [7, 11) is 0. The Morgan fingerprint density at radius 1 is 1.43 bits per heavy atom. The van der Waals surface area contributed by atoms with Gasteiger partial charge in [0.05, 0.1) is 12.4 Å². The molecule has 0 unspecified atom stereocenters. The molecule has 1 aromatic rings. The normalized spacial score (nSPS) is 18.6.